The van der Waals surface area contributed by atoms with Crippen LogP contribution in [0.5, 0.6) is 0 Å². The number of halogens is 1. The number of nitrogen functional groups attached to an aromatic ring is 1. The number of amides is 1. The van der Waals surface area contributed by atoms with Crippen LogP contribution in [0.25, 0.3) is 11.3 Å². The van der Waals surface area contributed by atoms with Crippen molar-refractivity contribution in [3.8, 4) is 17.3 Å². The molecule has 0 aliphatic carbocycles. The van der Waals surface area contributed by atoms with E-state index in [1.165, 1.54) is 11.3 Å². The van der Waals surface area contributed by atoms with E-state index in [4.69, 9.17) is 22.6 Å². The van der Waals surface area contributed by atoms with Crippen molar-refractivity contribution >= 4 is 34.0 Å². The molecule has 3 rings (SSSR count). The number of nitrogens with one attached hydrogen (secondary N) is 1. The molecular formula is C18H17ClN6OS. The summed E-state index contributed by atoms with van der Waals surface area (Å²) >= 11 is 7.47. The fraction of sp³-hybridized carbons (Fsp3) is 0.222. The highest BCUT2D eigenvalue weighted by atomic mass is 35.5. The Morgan fingerprint density at radius 3 is 2.93 bits per heavy atom. The molecule has 0 bridgehead atoms. The van der Waals surface area contributed by atoms with Gasteiger partial charge >= 0.3 is 0 Å². The lowest BCUT2D eigenvalue weighted by atomic mass is 10.0. The number of aromatic nitrogens is 3. The Labute approximate surface area is 165 Å². The second kappa shape index (κ2) is 7.78. The number of anilines is 1. The molecule has 138 valence electrons. The molecule has 0 saturated heterocycles. The Kier molecular flexibility index (Phi) is 5.44. The number of nitrogens with zero attached hydrogens (tertiary/aromatic N) is 4. The first-order valence-electron chi connectivity index (χ1n) is 8.14. The second-order valence-corrected chi connectivity index (χ2v) is 7.35. The lowest BCUT2D eigenvalue weighted by Crippen LogP contribution is -2.36. The summed E-state index contributed by atoms with van der Waals surface area (Å²) in [7, 11) is 0. The molecule has 0 fully saturated rings. The van der Waals surface area contributed by atoms with Crippen LogP contribution in [0.2, 0.25) is 5.02 Å². The van der Waals surface area contributed by atoms with E-state index >= 15 is 0 Å². The molecule has 1 amide bonds. The minimum absolute atomic E-state index is 0.154. The van der Waals surface area contributed by atoms with Gasteiger partial charge in [-0.1, -0.05) is 17.7 Å². The summed E-state index contributed by atoms with van der Waals surface area (Å²) in [5, 5.41) is 18.9. The van der Waals surface area contributed by atoms with E-state index in [0.717, 1.165) is 16.8 Å². The maximum absolute atomic E-state index is 12.1. The number of hydrogen-bond acceptors (Lipinski definition) is 6. The van der Waals surface area contributed by atoms with Crippen LogP contribution in [0.3, 0.4) is 0 Å². The smallest absolute Gasteiger partial charge is 0.271 e. The van der Waals surface area contributed by atoms with Crippen molar-refractivity contribution in [3.63, 3.8) is 0 Å². The van der Waals surface area contributed by atoms with Gasteiger partial charge in [-0.2, -0.15) is 10.4 Å². The second-order valence-electron chi connectivity index (χ2n) is 6.08. The first kappa shape index (κ1) is 18.9. The molecule has 0 saturated carbocycles. The van der Waals surface area contributed by atoms with Crippen LogP contribution in [0.4, 0.5) is 5.13 Å². The zero-order chi connectivity index (χ0) is 19.6. The van der Waals surface area contributed by atoms with E-state index < -0.39 is 0 Å². The average Bonchev–Trinajstić information content (AvgIpc) is 3.26. The van der Waals surface area contributed by atoms with Crippen molar-refractivity contribution in [1.82, 2.24) is 20.1 Å². The zero-order valence-electron chi connectivity index (χ0n) is 14.7. The molecule has 3 N–H and O–H groups in total. The van der Waals surface area contributed by atoms with Gasteiger partial charge in [-0.05, 0) is 31.5 Å². The number of rotatable bonds is 5. The quantitative estimate of drug-likeness (QED) is 0.683. The largest absolute Gasteiger partial charge is 0.375 e. The minimum Gasteiger partial charge on any atom is -0.375 e. The maximum Gasteiger partial charge on any atom is 0.271 e. The third-order valence-corrected chi connectivity index (χ3v) is 5.18. The Morgan fingerprint density at radius 2 is 2.26 bits per heavy atom. The van der Waals surface area contributed by atoms with Gasteiger partial charge in [-0.3, -0.25) is 9.48 Å². The van der Waals surface area contributed by atoms with Crippen LogP contribution in [-0.4, -0.2) is 26.7 Å². The standard InChI is InChI=1S/C18H17ClN6OS/c1-10(22-17(26)15-9-27-18(21)23-15)8-25-6-5-14(24-25)13-4-3-12(7-20)16(19)11(13)2/h3-6,9-10H,8H2,1-2H3,(H2,21,23)(H,22,26). The summed E-state index contributed by atoms with van der Waals surface area (Å²) in [6.07, 6.45) is 1.84. The molecule has 1 atom stereocenters. The Bertz CT molecular complexity index is 1030. The Hall–Kier alpha value is -2.89. The van der Waals surface area contributed by atoms with Gasteiger partial charge in [0.2, 0.25) is 0 Å². The summed E-state index contributed by atoms with van der Waals surface area (Å²) in [6, 6.07) is 7.31. The zero-order valence-corrected chi connectivity index (χ0v) is 16.3. The molecule has 0 aliphatic rings. The van der Waals surface area contributed by atoms with E-state index in [9.17, 15) is 4.79 Å². The van der Waals surface area contributed by atoms with Crippen molar-refractivity contribution in [1.29, 1.82) is 5.26 Å². The summed E-state index contributed by atoms with van der Waals surface area (Å²) in [4.78, 5) is 16.1. The molecule has 0 radical (unpaired) electrons. The molecule has 0 spiro atoms. The van der Waals surface area contributed by atoms with Crippen LogP contribution < -0.4 is 11.1 Å². The molecule has 7 nitrogen and oxygen atoms in total. The first-order chi connectivity index (χ1) is 12.9. The highest BCUT2D eigenvalue weighted by molar-refractivity contribution is 7.13. The van der Waals surface area contributed by atoms with Crippen LogP contribution in [0, 0.1) is 18.3 Å². The summed E-state index contributed by atoms with van der Waals surface area (Å²) in [5.74, 6) is -0.266. The predicted octanol–water partition coefficient (Wildman–Crippen LogP) is 3.24. The van der Waals surface area contributed by atoms with Gasteiger partial charge in [0.25, 0.3) is 5.91 Å². The number of hydrogen-bond donors (Lipinski definition) is 2. The van der Waals surface area contributed by atoms with Gasteiger partial charge in [-0.15, -0.1) is 11.3 Å². The van der Waals surface area contributed by atoms with Crippen molar-refractivity contribution in [3.05, 3.63) is 51.6 Å². The molecule has 9 heteroatoms. The number of nitriles is 1. The maximum atomic E-state index is 12.1. The van der Waals surface area contributed by atoms with E-state index in [2.05, 4.69) is 21.5 Å². The summed E-state index contributed by atoms with van der Waals surface area (Å²) in [5.41, 5.74) is 8.74. The lowest BCUT2D eigenvalue weighted by molar-refractivity contribution is 0.0932. The average molecular weight is 401 g/mol. The number of nitrogens with two attached hydrogens (primary N) is 1. The third-order valence-electron chi connectivity index (χ3n) is 4.02. The van der Waals surface area contributed by atoms with E-state index in [-0.39, 0.29) is 11.9 Å². The van der Waals surface area contributed by atoms with Gasteiger partial charge in [0.15, 0.2) is 5.13 Å². The van der Waals surface area contributed by atoms with E-state index in [0.29, 0.717) is 28.0 Å². The number of thiazole rings is 1. The molecular weight excluding hydrogens is 384 g/mol. The predicted molar refractivity (Wildman–Crippen MR) is 106 cm³/mol. The lowest BCUT2D eigenvalue weighted by Gasteiger charge is -2.13. The molecule has 2 aromatic heterocycles. The minimum atomic E-state index is -0.266. The van der Waals surface area contributed by atoms with Gasteiger partial charge < -0.3 is 11.1 Å². The van der Waals surface area contributed by atoms with E-state index in [1.807, 2.05) is 32.2 Å². The fourth-order valence-electron chi connectivity index (χ4n) is 2.67. The summed E-state index contributed by atoms with van der Waals surface area (Å²) in [6.45, 7) is 4.24. The molecule has 0 aliphatic heterocycles. The highest BCUT2D eigenvalue weighted by Gasteiger charge is 2.15. The monoisotopic (exact) mass is 400 g/mol. The number of benzene rings is 1. The van der Waals surface area contributed by atoms with Crippen LogP contribution in [-0.2, 0) is 6.54 Å². The third kappa shape index (κ3) is 4.10. The molecule has 1 aromatic carbocycles. The van der Waals surface area contributed by atoms with Crippen molar-refractivity contribution < 1.29 is 4.79 Å². The first-order valence-corrected chi connectivity index (χ1v) is 9.39. The molecule has 27 heavy (non-hydrogen) atoms. The Morgan fingerprint density at radius 1 is 1.48 bits per heavy atom. The van der Waals surface area contributed by atoms with E-state index in [1.54, 1.807) is 16.1 Å². The van der Waals surface area contributed by atoms with Crippen LogP contribution in [0.15, 0.2) is 29.8 Å². The van der Waals surface area contributed by atoms with Crippen molar-refractivity contribution in [2.75, 3.05) is 5.73 Å². The summed E-state index contributed by atoms with van der Waals surface area (Å²) < 4.78 is 1.75. The van der Waals surface area contributed by atoms with Crippen molar-refractivity contribution in [2.24, 2.45) is 0 Å². The van der Waals surface area contributed by atoms with Gasteiger partial charge in [0.05, 0.1) is 22.8 Å². The van der Waals surface area contributed by atoms with Gasteiger partial charge in [-0.25, -0.2) is 4.98 Å². The SMILES string of the molecule is Cc1c(-c2ccn(CC(C)NC(=O)c3csc(N)n3)n2)ccc(C#N)c1Cl. The van der Waals surface area contributed by atoms with Crippen LogP contribution in [0.1, 0.15) is 28.5 Å². The topological polar surface area (TPSA) is 110 Å². The molecule has 1 unspecified atom stereocenters. The molecule has 3 aromatic rings. The fourth-order valence-corrected chi connectivity index (χ4v) is 3.42. The molecule has 2 heterocycles. The normalized spacial score (nSPS) is 11.8. The van der Waals surface area contributed by atoms with Gasteiger partial charge in [0.1, 0.15) is 11.8 Å². The van der Waals surface area contributed by atoms with Crippen molar-refractivity contribution in [2.45, 2.75) is 26.4 Å². The van der Waals surface area contributed by atoms with Crippen LogP contribution >= 0.6 is 22.9 Å². The number of carbonyl (C=O) groups excluding carboxylic acids is 1. The number of carbonyl (C=O) groups is 1. The van der Waals surface area contributed by atoms with Gasteiger partial charge in [0, 0.05) is 23.2 Å². The highest BCUT2D eigenvalue weighted by Crippen LogP contribution is 2.29. The Balaban J connectivity index is 1.70.